The first-order valence-corrected chi connectivity index (χ1v) is 7.42. The van der Waals surface area contributed by atoms with E-state index in [1.165, 1.54) is 18.4 Å². The quantitative estimate of drug-likeness (QED) is 0.893. The summed E-state index contributed by atoms with van der Waals surface area (Å²) in [7, 11) is 1.72. The average Bonchev–Trinajstić information content (AvgIpc) is 2.47. The first-order valence-electron chi connectivity index (χ1n) is 7.42. The highest BCUT2D eigenvalue weighted by Gasteiger charge is 2.30. The third-order valence-electron chi connectivity index (χ3n) is 4.22. The number of hydrogen-bond acceptors (Lipinski definition) is 4. The SMILES string of the molecule is COc1cccc(C2CC(NCC3COCCO3)C2)c1. The number of rotatable bonds is 5. The minimum absolute atomic E-state index is 0.222. The van der Waals surface area contributed by atoms with E-state index in [9.17, 15) is 0 Å². The van der Waals surface area contributed by atoms with Crippen LogP contribution in [-0.2, 0) is 9.47 Å². The Labute approximate surface area is 120 Å². The van der Waals surface area contributed by atoms with Gasteiger partial charge in [-0.25, -0.2) is 0 Å². The molecule has 1 heterocycles. The minimum atomic E-state index is 0.222. The van der Waals surface area contributed by atoms with Gasteiger partial charge < -0.3 is 19.5 Å². The summed E-state index contributed by atoms with van der Waals surface area (Å²) in [5, 5.41) is 3.58. The highest BCUT2D eigenvalue weighted by atomic mass is 16.6. The van der Waals surface area contributed by atoms with Crippen molar-refractivity contribution < 1.29 is 14.2 Å². The van der Waals surface area contributed by atoms with Crippen molar-refractivity contribution in [2.75, 3.05) is 33.5 Å². The van der Waals surface area contributed by atoms with E-state index in [0.717, 1.165) is 32.1 Å². The zero-order valence-corrected chi connectivity index (χ0v) is 12.0. The second-order valence-electron chi connectivity index (χ2n) is 5.62. The molecule has 2 fully saturated rings. The van der Waals surface area contributed by atoms with Crippen LogP contribution >= 0.6 is 0 Å². The van der Waals surface area contributed by atoms with Gasteiger partial charge in [0.05, 0.1) is 33.0 Å². The van der Waals surface area contributed by atoms with Gasteiger partial charge >= 0.3 is 0 Å². The van der Waals surface area contributed by atoms with Gasteiger partial charge in [0.2, 0.25) is 0 Å². The first-order chi connectivity index (χ1) is 9.85. The molecule has 1 aliphatic carbocycles. The monoisotopic (exact) mass is 277 g/mol. The fourth-order valence-corrected chi connectivity index (χ4v) is 2.90. The molecule has 1 aromatic carbocycles. The minimum Gasteiger partial charge on any atom is -0.497 e. The summed E-state index contributed by atoms with van der Waals surface area (Å²) in [5.74, 6) is 1.61. The van der Waals surface area contributed by atoms with Crippen molar-refractivity contribution in [1.82, 2.24) is 5.32 Å². The van der Waals surface area contributed by atoms with E-state index in [1.54, 1.807) is 7.11 Å². The molecule has 0 amide bonds. The molecule has 1 atom stereocenters. The fraction of sp³-hybridized carbons (Fsp3) is 0.625. The summed E-state index contributed by atoms with van der Waals surface area (Å²) < 4.78 is 16.3. The first kappa shape index (κ1) is 13.9. The topological polar surface area (TPSA) is 39.7 Å². The summed E-state index contributed by atoms with van der Waals surface area (Å²) in [6.07, 6.45) is 2.61. The van der Waals surface area contributed by atoms with Crippen LogP contribution in [0, 0.1) is 0 Å². The maximum atomic E-state index is 5.63. The molecule has 20 heavy (non-hydrogen) atoms. The third-order valence-corrected chi connectivity index (χ3v) is 4.22. The Bertz CT molecular complexity index is 425. The number of methoxy groups -OCH3 is 1. The van der Waals surface area contributed by atoms with Gasteiger partial charge in [-0.2, -0.15) is 0 Å². The van der Waals surface area contributed by atoms with E-state index in [2.05, 4.69) is 23.5 Å². The predicted molar refractivity (Wildman–Crippen MR) is 77.3 cm³/mol. The van der Waals surface area contributed by atoms with Crippen molar-refractivity contribution in [2.24, 2.45) is 0 Å². The third kappa shape index (κ3) is 3.32. The predicted octanol–water partition coefficient (Wildman–Crippen LogP) is 1.95. The van der Waals surface area contributed by atoms with Crippen molar-refractivity contribution in [3.8, 4) is 5.75 Å². The van der Waals surface area contributed by atoms with Crippen molar-refractivity contribution >= 4 is 0 Å². The molecular weight excluding hydrogens is 254 g/mol. The molecular formula is C16H23NO3. The van der Waals surface area contributed by atoms with Crippen LogP contribution in [0.4, 0.5) is 0 Å². The second-order valence-corrected chi connectivity index (χ2v) is 5.62. The number of nitrogens with one attached hydrogen (secondary N) is 1. The zero-order chi connectivity index (χ0) is 13.8. The fourth-order valence-electron chi connectivity index (χ4n) is 2.90. The average molecular weight is 277 g/mol. The van der Waals surface area contributed by atoms with Crippen molar-refractivity contribution in [1.29, 1.82) is 0 Å². The van der Waals surface area contributed by atoms with Crippen LogP contribution in [0.15, 0.2) is 24.3 Å². The standard InChI is InChI=1S/C16H23NO3/c1-18-15-4-2-3-12(9-15)13-7-14(8-13)17-10-16-11-19-5-6-20-16/h2-4,9,13-14,16-17H,5-8,10-11H2,1H3. The Morgan fingerprint density at radius 2 is 2.20 bits per heavy atom. The smallest absolute Gasteiger partial charge is 0.119 e. The van der Waals surface area contributed by atoms with E-state index >= 15 is 0 Å². The van der Waals surface area contributed by atoms with Crippen molar-refractivity contribution in [2.45, 2.75) is 30.9 Å². The van der Waals surface area contributed by atoms with Gasteiger partial charge in [0, 0.05) is 12.6 Å². The molecule has 4 nitrogen and oxygen atoms in total. The second kappa shape index (κ2) is 6.57. The van der Waals surface area contributed by atoms with Gasteiger partial charge in [-0.1, -0.05) is 12.1 Å². The Morgan fingerprint density at radius 3 is 2.95 bits per heavy atom. The molecule has 1 unspecified atom stereocenters. The Morgan fingerprint density at radius 1 is 1.30 bits per heavy atom. The molecule has 0 bridgehead atoms. The molecule has 3 rings (SSSR count). The molecule has 2 aliphatic rings. The number of ether oxygens (including phenoxy) is 3. The van der Waals surface area contributed by atoms with Crippen molar-refractivity contribution in [3.63, 3.8) is 0 Å². The highest BCUT2D eigenvalue weighted by Crippen LogP contribution is 2.37. The molecule has 1 N–H and O–H groups in total. The largest absolute Gasteiger partial charge is 0.497 e. The number of benzene rings is 1. The van der Waals surface area contributed by atoms with Crippen molar-refractivity contribution in [3.05, 3.63) is 29.8 Å². The maximum Gasteiger partial charge on any atom is 0.119 e. The summed E-state index contributed by atoms with van der Waals surface area (Å²) in [6.45, 7) is 3.08. The van der Waals surface area contributed by atoms with E-state index in [-0.39, 0.29) is 6.10 Å². The molecule has 1 saturated carbocycles. The van der Waals surface area contributed by atoms with Gasteiger partial charge in [-0.15, -0.1) is 0 Å². The van der Waals surface area contributed by atoms with Gasteiger partial charge in [0.1, 0.15) is 5.75 Å². The molecule has 110 valence electrons. The van der Waals surface area contributed by atoms with Crippen LogP contribution in [0.3, 0.4) is 0 Å². The van der Waals surface area contributed by atoms with Gasteiger partial charge in [0.15, 0.2) is 0 Å². The van der Waals surface area contributed by atoms with E-state index in [0.29, 0.717) is 12.0 Å². The van der Waals surface area contributed by atoms with Crippen LogP contribution in [-0.4, -0.2) is 45.6 Å². The Balaban J connectivity index is 1.41. The molecule has 4 heteroatoms. The molecule has 1 saturated heterocycles. The van der Waals surface area contributed by atoms with E-state index in [1.807, 2.05) is 6.07 Å². The zero-order valence-electron chi connectivity index (χ0n) is 12.0. The summed E-state index contributed by atoms with van der Waals surface area (Å²) in [4.78, 5) is 0. The van der Waals surface area contributed by atoms with Gasteiger partial charge in [0.25, 0.3) is 0 Å². The van der Waals surface area contributed by atoms with E-state index < -0.39 is 0 Å². The summed E-state index contributed by atoms with van der Waals surface area (Å²) in [5.41, 5.74) is 1.39. The maximum absolute atomic E-state index is 5.63. The van der Waals surface area contributed by atoms with Crippen LogP contribution in [0.5, 0.6) is 5.75 Å². The highest BCUT2D eigenvalue weighted by molar-refractivity contribution is 5.32. The lowest BCUT2D eigenvalue weighted by Crippen LogP contribution is -2.46. The van der Waals surface area contributed by atoms with Gasteiger partial charge in [-0.3, -0.25) is 0 Å². The summed E-state index contributed by atoms with van der Waals surface area (Å²) >= 11 is 0. The molecule has 1 aromatic rings. The molecule has 1 aliphatic heterocycles. The Kier molecular flexibility index (Phi) is 4.55. The normalized spacial score (nSPS) is 29.8. The lowest BCUT2D eigenvalue weighted by molar-refractivity contribution is -0.0878. The van der Waals surface area contributed by atoms with E-state index in [4.69, 9.17) is 14.2 Å². The van der Waals surface area contributed by atoms with Crippen LogP contribution in [0.2, 0.25) is 0 Å². The lowest BCUT2D eigenvalue weighted by Gasteiger charge is -2.37. The molecule has 0 aromatic heterocycles. The van der Waals surface area contributed by atoms with Gasteiger partial charge in [-0.05, 0) is 36.5 Å². The van der Waals surface area contributed by atoms with Crippen LogP contribution < -0.4 is 10.1 Å². The molecule has 0 spiro atoms. The lowest BCUT2D eigenvalue weighted by atomic mass is 9.76. The van der Waals surface area contributed by atoms with Crippen LogP contribution in [0.25, 0.3) is 0 Å². The summed E-state index contributed by atoms with van der Waals surface area (Å²) in [6, 6.07) is 9.03. The Hall–Kier alpha value is -1.10. The van der Waals surface area contributed by atoms with Crippen LogP contribution in [0.1, 0.15) is 24.3 Å². The number of hydrogen-bond donors (Lipinski definition) is 1. The molecule has 0 radical (unpaired) electrons.